The van der Waals surface area contributed by atoms with Gasteiger partial charge in [0.15, 0.2) is 0 Å². The van der Waals surface area contributed by atoms with Crippen molar-refractivity contribution in [1.82, 2.24) is 16.0 Å². The molecular formula is C10H21N3O3. The zero-order chi connectivity index (χ0) is 12.2. The minimum Gasteiger partial charge on any atom is -0.450 e. The molecule has 0 heterocycles. The molecule has 0 rings (SSSR count). The first-order valence-corrected chi connectivity index (χ1v) is 5.63. The Hall–Kier alpha value is -1.46. The van der Waals surface area contributed by atoms with Crippen LogP contribution in [0.25, 0.3) is 0 Å². The summed E-state index contributed by atoms with van der Waals surface area (Å²) in [6.45, 7) is 5.56. The second-order valence-corrected chi connectivity index (χ2v) is 3.18. The lowest BCUT2D eigenvalue weighted by Crippen LogP contribution is -2.40. The van der Waals surface area contributed by atoms with E-state index in [2.05, 4.69) is 27.6 Å². The van der Waals surface area contributed by atoms with Gasteiger partial charge in [0.1, 0.15) is 0 Å². The summed E-state index contributed by atoms with van der Waals surface area (Å²) in [7, 11) is 0. The minimum atomic E-state index is -0.462. The summed E-state index contributed by atoms with van der Waals surface area (Å²) in [5.41, 5.74) is 0. The molecule has 6 nitrogen and oxygen atoms in total. The highest BCUT2D eigenvalue weighted by Gasteiger charge is 2.00. The maximum atomic E-state index is 11.1. The van der Waals surface area contributed by atoms with Crippen molar-refractivity contribution in [2.45, 2.75) is 26.7 Å². The number of urea groups is 1. The van der Waals surface area contributed by atoms with Gasteiger partial charge in [-0.25, -0.2) is 9.59 Å². The van der Waals surface area contributed by atoms with Crippen LogP contribution in [0.5, 0.6) is 0 Å². The normalized spacial score (nSPS) is 9.38. The quantitative estimate of drug-likeness (QED) is 0.568. The first-order valence-electron chi connectivity index (χ1n) is 5.63. The van der Waals surface area contributed by atoms with Crippen molar-refractivity contribution in [3.8, 4) is 0 Å². The number of rotatable bonds is 7. The fraction of sp³-hybridized carbons (Fsp3) is 0.800. The van der Waals surface area contributed by atoms with E-state index in [0.717, 1.165) is 12.8 Å². The molecule has 6 heteroatoms. The number of hydrogen-bond acceptors (Lipinski definition) is 3. The van der Waals surface area contributed by atoms with E-state index in [1.165, 1.54) is 0 Å². The Balaban J connectivity index is 3.30. The van der Waals surface area contributed by atoms with E-state index >= 15 is 0 Å². The summed E-state index contributed by atoms with van der Waals surface area (Å²) in [5, 5.41) is 7.82. The lowest BCUT2D eigenvalue weighted by atomic mass is 10.3. The third kappa shape index (κ3) is 9.11. The highest BCUT2D eigenvalue weighted by atomic mass is 16.5. The van der Waals surface area contributed by atoms with Crippen molar-refractivity contribution >= 4 is 12.1 Å². The van der Waals surface area contributed by atoms with Crippen molar-refractivity contribution in [3.05, 3.63) is 0 Å². The van der Waals surface area contributed by atoms with Gasteiger partial charge in [-0.2, -0.15) is 0 Å². The molecule has 0 radical (unpaired) electrons. The fourth-order valence-corrected chi connectivity index (χ4v) is 0.964. The molecule has 0 unspecified atom stereocenters. The third-order valence-electron chi connectivity index (χ3n) is 1.77. The molecule has 0 aliphatic carbocycles. The van der Waals surface area contributed by atoms with Gasteiger partial charge in [-0.1, -0.05) is 13.3 Å². The molecule has 0 saturated heterocycles. The largest absolute Gasteiger partial charge is 0.450 e. The molecule has 0 aromatic carbocycles. The van der Waals surface area contributed by atoms with Gasteiger partial charge in [0.05, 0.1) is 6.61 Å². The number of carbonyl (C=O) groups is 2. The minimum absolute atomic E-state index is 0.209. The van der Waals surface area contributed by atoms with E-state index in [-0.39, 0.29) is 6.03 Å². The molecule has 0 aromatic rings. The summed E-state index contributed by atoms with van der Waals surface area (Å²) >= 11 is 0. The second-order valence-electron chi connectivity index (χ2n) is 3.18. The highest BCUT2D eigenvalue weighted by Crippen LogP contribution is 1.81. The van der Waals surface area contributed by atoms with Gasteiger partial charge in [0.25, 0.3) is 0 Å². The van der Waals surface area contributed by atoms with Crippen LogP contribution in [-0.2, 0) is 4.74 Å². The van der Waals surface area contributed by atoms with E-state index in [1.54, 1.807) is 6.92 Å². The second kappa shape index (κ2) is 10.1. The Morgan fingerprint density at radius 1 is 1.00 bits per heavy atom. The van der Waals surface area contributed by atoms with Gasteiger partial charge in [0, 0.05) is 19.6 Å². The van der Waals surface area contributed by atoms with E-state index in [4.69, 9.17) is 0 Å². The molecule has 3 amide bonds. The molecule has 0 spiro atoms. The molecule has 0 bridgehead atoms. The standard InChI is InChI=1S/C10H21N3O3/c1-3-5-6-11-9(14)12-7-8-13-10(15)16-4-2/h3-8H2,1-2H3,(H,13,15)(H2,11,12,14). The van der Waals surface area contributed by atoms with Gasteiger partial charge in [-0.15, -0.1) is 0 Å². The predicted molar refractivity (Wildman–Crippen MR) is 61.3 cm³/mol. The molecule has 94 valence electrons. The van der Waals surface area contributed by atoms with Crippen LogP contribution >= 0.6 is 0 Å². The molecule has 0 atom stereocenters. The lowest BCUT2D eigenvalue weighted by molar-refractivity contribution is 0.152. The maximum Gasteiger partial charge on any atom is 0.407 e. The molecule has 0 saturated carbocycles. The summed E-state index contributed by atoms with van der Waals surface area (Å²) in [5.74, 6) is 0. The Morgan fingerprint density at radius 3 is 2.25 bits per heavy atom. The average molecular weight is 231 g/mol. The first-order chi connectivity index (χ1) is 7.70. The Morgan fingerprint density at radius 2 is 1.62 bits per heavy atom. The molecule has 0 fully saturated rings. The van der Waals surface area contributed by atoms with Crippen LogP contribution in [0.1, 0.15) is 26.7 Å². The van der Waals surface area contributed by atoms with Crippen LogP contribution in [0.4, 0.5) is 9.59 Å². The van der Waals surface area contributed by atoms with E-state index < -0.39 is 6.09 Å². The maximum absolute atomic E-state index is 11.1. The number of unbranched alkanes of at least 4 members (excludes halogenated alkanes) is 1. The number of amides is 3. The summed E-state index contributed by atoms with van der Waals surface area (Å²) in [6, 6.07) is -0.209. The van der Waals surface area contributed by atoms with Crippen LogP contribution in [0, 0.1) is 0 Å². The number of ether oxygens (including phenoxy) is 1. The molecular weight excluding hydrogens is 210 g/mol. The van der Waals surface area contributed by atoms with E-state index in [0.29, 0.717) is 26.2 Å². The molecule has 0 aromatic heterocycles. The zero-order valence-electron chi connectivity index (χ0n) is 9.97. The van der Waals surface area contributed by atoms with Crippen LogP contribution in [-0.4, -0.2) is 38.4 Å². The van der Waals surface area contributed by atoms with Crippen LogP contribution < -0.4 is 16.0 Å². The monoisotopic (exact) mass is 231 g/mol. The van der Waals surface area contributed by atoms with Crippen LogP contribution in [0.2, 0.25) is 0 Å². The molecule has 0 aliphatic heterocycles. The van der Waals surface area contributed by atoms with Crippen molar-refractivity contribution in [1.29, 1.82) is 0 Å². The van der Waals surface area contributed by atoms with Crippen molar-refractivity contribution in [2.75, 3.05) is 26.2 Å². The zero-order valence-corrected chi connectivity index (χ0v) is 9.97. The predicted octanol–water partition coefficient (Wildman–Crippen LogP) is 0.832. The van der Waals surface area contributed by atoms with Crippen molar-refractivity contribution in [2.24, 2.45) is 0 Å². The van der Waals surface area contributed by atoms with Crippen LogP contribution in [0.3, 0.4) is 0 Å². The van der Waals surface area contributed by atoms with Gasteiger partial charge in [0.2, 0.25) is 0 Å². The fourth-order valence-electron chi connectivity index (χ4n) is 0.964. The van der Waals surface area contributed by atoms with Gasteiger partial charge < -0.3 is 20.7 Å². The number of nitrogens with one attached hydrogen (secondary N) is 3. The molecule has 16 heavy (non-hydrogen) atoms. The third-order valence-corrected chi connectivity index (χ3v) is 1.77. The Labute approximate surface area is 96.1 Å². The van der Waals surface area contributed by atoms with E-state index in [9.17, 15) is 9.59 Å². The van der Waals surface area contributed by atoms with Crippen molar-refractivity contribution < 1.29 is 14.3 Å². The van der Waals surface area contributed by atoms with Crippen LogP contribution in [0.15, 0.2) is 0 Å². The molecule has 3 N–H and O–H groups in total. The topological polar surface area (TPSA) is 79.5 Å². The summed E-state index contributed by atoms with van der Waals surface area (Å²) in [6.07, 6.45) is 1.55. The summed E-state index contributed by atoms with van der Waals surface area (Å²) in [4.78, 5) is 22.0. The van der Waals surface area contributed by atoms with Gasteiger partial charge in [-0.3, -0.25) is 0 Å². The Kier molecular flexibility index (Phi) is 9.15. The number of alkyl carbamates (subject to hydrolysis) is 1. The highest BCUT2D eigenvalue weighted by molar-refractivity contribution is 5.73. The van der Waals surface area contributed by atoms with Crippen molar-refractivity contribution in [3.63, 3.8) is 0 Å². The lowest BCUT2D eigenvalue weighted by Gasteiger charge is -2.08. The van der Waals surface area contributed by atoms with Gasteiger partial charge >= 0.3 is 12.1 Å². The summed E-state index contributed by atoms with van der Waals surface area (Å²) < 4.78 is 4.65. The Bertz CT molecular complexity index is 209. The van der Waals surface area contributed by atoms with Gasteiger partial charge in [-0.05, 0) is 13.3 Å². The average Bonchev–Trinajstić information content (AvgIpc) is 2.25. The number of carbonyl (C=O) groups excluding carboxylic acids is 2. The van der Waals surface area contributed by atoms with E-state index in [1.807, 2.05) is 0 Å². The first kappa shape index (κ1) is 14.5. The SMILES string of the molecule is CCCCNC(=O)NCCNC(=O)OCC. The smallest absolute Gasteiger partial charge is 0.407 e. The number of hydrogen-bond donors (Lipinski definition) is 3. The molecule has 0 aliphatic rings.